The van der Waals surface area contributed by atoms with Gasteiger partial charge < -0.3 is 5.32 Å². The van der Waals surface area contributed by atoms with E-state index in [1.165, 1.54) is 0 Å². The van der Waals surface area contributed by atoms with Crippen LogP contribution in [0.1, 0.15) is 49.5 Å². The molecule has 0 heterocycles. The predicted octanol–water partition coefficient (Wildman–Crippen LogP) is 3.89. The Morgan fingerprint density at radius 1 is 1.28 bits per heavy atom. The number of allylic oxidation sites excluding steroid dienone is 1. The van der Waals surface area contributed by atoms with E-state index in [4.69, 9.17) is 0 Å². The lowest BCUT2D eigenvalue weighted by molar-refractivity contribution is 0.0953. The molecule has 18 heavy (non-hydrogen) atoms. The number of amides is 1. The molecule has 98 valence electrons. The normalized spacial score (nSPS) is 11.1. The molecule has 0 fully saturated rings. The minimum Gasteiger partial charge on any atom is -0.352 e. The Morgan fingerprint density at radius 2 is 1.94 bits per heavy atom. The van der Waals surface area contributed by atoms with E-state index >= 15 is 0 Å². The molecule has 1 aromatic rings. The summed E-state index contributed by atoms with van der Waals surface area (Å²) < 4.78 is 0. The monoisotopic (exact) mass is 245 g/mol. The van der Waals surface area contributed by atoms with Crippen LogP contribution < -0.4 is 5.32 Å². The number of carbonyl (C=O) groups excluding carboxylic acids is 1. The number of nitrogens with one attached hydrogen (secondary N) is 1. The van der Waals surface area contributed by atoms with E-state index in [9.17, 15) is 4.79 Å². The van der Waals surface area contributed by atoms with Gasteiger partial charge in [-0.05, 0) is 30.0 Å². The van der Waals surface area contributed by atoms with Crippen molar-refractivity contribution in [2.75, 3.05) is 6.54 Å². The molecule has 0 aromatic heterocycles. The van der Waals surface area contributed by atoms with E-state index < -0.39 is 0 Å². The molecular weight excluding hydrogens is 222 g/mol. The van der Waals surface area contributed by atoms with Gasteiger partial charge in [-0.1, -0.05) is 51.5 Å². The Kier molecular flexibility index (Phi) is 6.20. The van der Waals surface area contributed by atoms with Crippen LogP contribution in [-0.4, -0.2) is 12.5 Å². The molecule has 0 aliphatic carbocycles. The molecule has 0 atom stereocenters. The van der Waals surface area contributed by atoms with Gasteiger partial charge in [0.05, 0.1) is 0 Å². The zero-order valence-electron chi connectivity index (χ0n) is 11.6. The van der Waals surface area contributed by atoms with Crippen LogP contribution in [0.5, 0.6) is 0 Å². The highest BCUT2D eigenvalue weighted by molar-refractivity contribution is 5.94. The first-order chi connectivity index (χ1) is 8.63. The average Bonchev–Trinajstić information content (AvgIpc) is 2.37. The number of hydrogen-bond acceptors (Lipinski definition) is 1. The van der Waals surface area contributed by atoms with E-state index in [1.807, 2.05) is 24.3 Å². The molecule has 0 spiro atoms. The lowest BCUT2D eigenvalue weighted by Crippen LogP contribution is -2.24. The number of rotatable bonds is 6. The van der Waals surface area contributed by atoms with Gasteiger partial charge in [-0.25, -0.2) is 0 Å². The van der Waals surface area contributed by atoms with Gasteiger partial charge in [0.1, 0.15) is 0 Å². The second-order valence-corrected chi connectivity index (χ2v) is 4.83. The van der Waals surface area contributed by atoms with Gasteiger partial charge in [-0.15, -0.1) is 0 Å². The standard InChI is InChI=1S/C16H23NO/c1-4-5-12-17-16(18)15-10-8-14(9-11-15)7-6-13(2)3/h6-11,13H,4-5,12H2,1-3H3,(H,17,18). The average molecular weight is 245 g/mol. The summed E-state index contributed by atoms with van der Waals surface area (Å²) in [6.45, 7) is 7.16. The van der Waals surface area contributed by atoms with Crippen LogP contribution in [0.2, 0.25) is 0 Å². The largest absolute Gasteiger partial charge is 0.352 e. The van der Waals surface area contributed by atoms with Crippen LogP contribution in [0.25, 0.3) is 6.08 Å². The van der Waals surface area contributed by atoms with Gasteiger partial charge in [0.15, 0.2) is 0 Å². The lowest BCUT2D eigenvalue weighted by Gasteiger charge is -2.04. The molecule has 2 nitrogen and oxygen atoms in total. The quantitative estimate of drug-likeness (QED) is 0.757. The SMILES string of the molecule is CCCCNC(=O)c1ccc(C=CC(C)C)cc1. The summed E-state index contributed by atoms with van der Waals surface area (Å²) >= 11 is 0. The first-order valence-electron chi connectivity index (χ1n) is 6.70. The van der Waals surface area contributed by atoms with Crippen LogP contribution in [0.15, 0.2) is 30.3 Å². The van der Waals surface area contributed by atoms with Gasteiger partial charge in [-0.3, -0.25) is 4.79 Å². The Labute approximate surface area is 110 Å². The molecule has 2 heteroatoms. The zero-order valence-corrected chi connectivity index (χ0v) is 11.6. The van der Waals surface area contributed by atoms with E-state index in [0.29, 0.717) is 5.92 Å². The number of benzene rings is 1. The van der Waals surface area contributed by atoms with Crippen molar-refractivity contribution < 1.29 is 4.79 Å². The highest BCUT2D eigenvalue weighted by atomic mass is 16.1. The molecule has 0 radical (unpaired) electrons. The van der Waals surface area contributed by atoms with Crippen molar-refractivity contribution >= 4 is 12.0 Å². The Bertz CT molecular complexity index is 390. The summed E-state index contributed by atoms with van der Waals surface area (Å²) in [7, 11) is 0. The third kappa shape index (κ3) is 5.17. The second kappa shape index (κ2) is 7.70. The maximum Gasteiger partial charge on any atom is 0.251 e. The van der Waals surface area contributed by atoms with Gasteiger partial charge in [0.25, 0.3) is 5.91 Å². The Balaban J connectivity index is 2.56. The van der Waals surface area contributed by atoms with Gasteiger partial charge in [0.2, 0.25) is 0 Å². The maximum absolute atomic E-state index is 11.8. The van der Waals surface area contributed by atoms with Crippen molar-refractivity contribution in [3.63, 3.8) is 0 Å². The molecule has 1 N–H and O–H groups in total. The fourth-order valence-electron chi connectivity index (χ4n) is 1.53. The van der Waals surface area contributed by atoms with Crippen molar-refractivity contribution in [3.05, 3.63) is 41.5 Å². The number of unbranched alkanes of at least 4 members (excludes halogenated alkanes) is 1. The highest BCUT2D eigenvalue weighted by Crippen LogP contribution is 2.08. The predicted molar refractivity (Wildman–Crippen MR) is 77.6 cm³/mol. The minimum atomic E-state index is 0.0165. The summed E-state index contributed by atoms with van der Waals surface area (Å²) in [4.78, 5) is 11.8. The van der Waals surface area contributed by atoms with E-state index in [2.05, 4.69) is 38.2 Å². The smallest absolute Gasteiger partial charge is 0.251 e. The molecule has 0 saturated heterocycles. The summed E-state index contributed by atoms with van der Waals surface area (Å²) in [5.41, 5.74) is 1.86. The first-order valence-corrected chi connectivity index (χ1v) is 6.70. The molecule has 0 aliphatic heterocycles. The van der Waals surface area contributed by atoms with Crippen molar-refractivity contribution in [2.45, 2.75) is 33.6 Å². The van der Waals surface area contributed by atoms with Crippen LogP contribution >= 0.6 is 0 Å². The van der Waals surface area contributed by atoms with Gasteiger partial charge in [0, 0.05) is 12.1 Å². The second-order valence-electron chi connectivity index (χ2n) is 4.83. The molecule has 1 rings (SSSR count). The van der Waals surface area contributed by atoms with Crippen LogP contribution in [0.4, 0.5) is 0 Å². The molecular formula is C16H23NO. The van der Waals surface area contributed by atoms with Crippen molar-refractivity contribution in [2.24, 2.45) is 5.92 Å². The zero-order chi connectivity index (χ0) is 13.4. The van der Waals surface area contributed by atoms with Crippen molar-refractivity contribution in [1.29, 1.82) is 0 Å². The molecule has 0 unspecified atom stereocenters. The molecule has 1 amide bonds. The summed E-state index contributed by atoms with van der Waals surface area (Å²) in [6, 6.07) is 7.71. The van der Waals surface area contributed by atoms with Crippen molar-refractivity contribution in [1.82, 2.24) is 5.32 Å². The molecule has 0 bridgehead atoms. The third-order valence-electron chi connectivity index (χ3n) is 2.66. The topological polar surface area (TPSA) is 29.1 Å². The third-order valence-corrected chi connectivity index (χ3v) is 2.66. The number of hydrogen-bond donors (Lipinski definition) is 1. The fourth-order valence-corrected chi connectivity index (χ4v) is 1.53. The van der Waals surface area contributed by atoms with E-state index in [0.717, 1.165) is 30.5 Å². The van der Waals surface area contributed by atoms with E-state index in [1.54, 1.807) is 0 Å². The van der Waals surface area contributed by atoms with E-state index in [-0.39, 0.29) is 5.91 Å². The van der Waals surface area contributed by atoms with Crippen molar-refractivity contribution in [3.8, 4) is 0 Å². The van der Waals surface area contributed by atoms with Crippen LogP contribution in [0.3, 0.4) is 0 Å². The molecule has 1 aromatic carbocycles. The van der Waals surface area contributed by atoms with Gasteiger partial charge >= 0.3 is 0 Å². The van der Waals surface area contributed by atoms with Crippen LogP contribution in [0, 0.1) is 5.92 Å². The molecule has 0 aliphatic rings. The first kappa shape index (κ1) is 14.5. The summed E-state index contributed by atoms with van der Waals surface area (Å²) in [5, 5.41) is 2.91. The Morgan fingerprint density at radius 3 is 2.50 bits per heavy atom. The Hall–Kier alpha value is -1.57. The highest BCUT2D eigenvalue weighted by Gasteiger charge is 2.03. The molecule has 0 saturated carbocycles. The minimum absolute atomic E-state index is 0.0165. The fraction of sp³-hybridized carbons (Fsp3) is 0.438. The summed E-state index contributed by atoms with van der Waals surface area (Å²) in [6.07, 6.45) is 6.36. The van der Waals surface area contributed by atoms with Gasteiger partial charge in [-0.2, -0.15) is 0 Å². The summed E-state index contributed by atoms with van der Waals surface area (Å²) in [5.74, 6) is 0.560. The maximum atomic E-state index is 11.8. The number of carbonyl (C=O) groups is 1. The lowest BCUT2D eigenvalue weighted by atomic mass is 10.1. The van der Waals surface area contributed by atoms with Crippen LogP contribution in [-0.2, 0) is 0 Å².